The lowest BCUT2D eigenvalue weighted by molar-refractivity contribution is 0.580. The van der Waals surface area contributed by atoms with Crippen molar-refractivity contribution in [2.24, 2.45) is 0 Å². The summed E-state index contributed by atoms with van der Waals surface area (Å²) in [6.07, 6.45) is 0.668. The maximum Gasteiger partial charge on any atom is 0.124 e. The monoisotopic (exact) mass is 293 g/mol. The lowest BCUT2D eigenvalue weighted by Crippen LogP contribution is -2.21. The highest BCUT2D eigenvalue weighted by atomic mass is 35.5. The van der Waals surface area contributed by atoms with Gasteiger partial charge in [0.25, 0.3) is 0 Å². The van der Waals surface area contributed by atoms with Gasteiger partial charge in [-0.05, 0) is 56.6 Å². The Labute approximate surface area is 123 Å². The van der Waals surface area contributed by atoms with Crippen LogP contribution in [0.2, 0.25) is 5.02 Å². The molecule has 1 heterocycles. The Morgan fingerprint density at radius 2 is 2.00 bits per heavy atom. The minimum Gasteiger partial charge on any atom is -0.313 e. The lowest BCUT2D eigenvalue weighted by atomic mass is 9.98. The molecule has 20 heavy (non-hydrogen) atoms. The van der Waals surface area contributed by atoms with Gasteiger partial charge in [-0.2, -0.15) is 10.2 Å². The molecule has 0 aliphatic carbocycles. The van der Waals surface area contributed by atoms with Crippen molar-refractivity contribution in [3.8, 4) is 0 Å². The summed E-state index contributed by atoms with van der Waals surface area (Å²) in [4.78, 5) is 0. The molecular weight excluding hydrogens is 277 g/mol. The highest BCUT2D eigenvalue weighted by Crippen LogP contribution is 2.25. The summed E-state index contributed by atoms with van der Waals surface area (Å²) in [5.74, 6) is -0.322. The van der Waals surface area contributed by atoms with Crippen LogP contribution in [0.4, 0.5) is 4.39 Å². The smallest absolute Gasteiger partial charge is 0.124 e. The first kappa shape index (κ1) is 14.9. The van der Waals surface area contributed by atoms with E-state index in [1.165, 1.54) is 12.1 Å². The molecule has 0 bridgehead atoms. The molecular formula is C15H17ClFN3. The van der Waals surface area contributed by atoms with Crippen LogP contribution in [-0.4, -0.2) is 17.2 Å². The Kier molecular flexibility index (Phi) is 4.68. The van der Waals surface area contributed by atoms with Crippen molar-refractivity contribution >= 4 is 11.6 Å². The molecule has 1 unspecified atom stereocenters. The molecule has 1 aromatic carbocycles. The molecule has 0 aliphatic rings. The van der Waals surface area contributed by atoms with Crippen molar-refractivity contribution in [3.63, 3.8) is 0 Å². The van der Waals surface area contributed by atoms with E-state index >= 15 is 0 Å². The standard InChI is InChI=1S/C15H17ClFN3/c1-9-6-13(10(2)20-19-9)15(18-3)7-11-4-5-12(17)8-14(11)16/h4-6,8,15,18H,7H2,1-3H3. The van der Waals surface area contributed by atoms with Crippen LogP contribution in [-0.2, 0) is 6.42 Å². The third kappa shape index (κ3) is 3.32. The summed E-state index contributed by atoms with van der Waals surface area (Å²) < 4.78 is 13.1. The Bertz CT molecular complexity index is 616. The molecule has 0 aliphatic heterocycles. The van der Waals surface area contributed by atoms with Gasteiger partial charge >= 0.3 is 0 Å². The first-order valence-corrected chi connectivity index (χ1v) is 6.81. The van der Waals surface area contributed by atoms with E-state index in [0.717, 1.165) is 22.5 Å². The zero-order valence-corrected chi connectivity index (χ0v) is 12.5. The third-order valence-electron chi connectivity index (χ3n) is 3.30. The number of aryl methyl sites for hydroxylation is 2. The SMILES string of the molecule is CNC(Cc1ccc(F)cc1Cl)c1cc(C)nnc1C. The molecule has 2 aromatic rings. The quantitative estimate of drug-likeness (QED) is 0.939. The highest BCUT2D eigenvalue weighted by Gasteiger charge is 2.16. The Morgan fingerprint density at radius 1 is 1.25 bits per heavy atom. The minimum absolute atomic E-state index is 0.0622. The van der Waals surface area contributed by atoms with Crippen molar-refractivity contribution < 1.29 is 4.39 Å². The van der Waals surface area contributed by atoms with E-state index in [9.17, 15) is 4.39 Å². The van der Waals surface area contributed by atoms with Gasteiger partial charge in [-0.3, -0.25) is 0 Å². The van der Waals surface area contributed by atoms with E-state index in [0.29, 0.717) is 11.4 Å². The molecule has 1 N–H and O–H groups in total. The van der Waals surface area contributed by atoms with E-state index < -0.39 is 0 Å². The molecule has 1 aromatic heterocycles. The number of nitrogens with zero attached hydrogens (tertiary/aromatic N) is 2. The highest BCUT2D eigenvalue weighted by molar-refractivity contribution is 6.31. The normalized spacial score (nSPS) is 12.4. The minimum atomic E-state index is -0.322. The van der Waals surface area contributed by atoms with Crippen LogP contribution in [0, 0.1) is 19.7 Å². The lowest BCUT2D eigenvalue weighted by Gasteiger charge is -2.19. The fraction of sp³-hybridized carbons (Fsp3) is 0.333. The van der Waals surface area contributed by atoms with Crippen molar-refractivity contribution in [1.29, 1.82) is 0 Å². The number of hydrogen-bond donors (Lipinski definition) is 1. The van der Waals surface area contributed by atoms with Gasteiger partial charge < -0.3 is 5.32 Å². The van der Waals surface area contributed by atoms with Crippen LogP contribution in [0.1, 0.15) is 28.6 Å². The number of nitrogens with one attached hydrogen (secondary N) is 1. The van der Waals surface area contributed by atoms with Crippen LogP contribution < -0.4 is 5.32 Å². The van der Waals surface area contributed by atoms with Gasteiger partial charge in [0.1, 0.15) is 5.82 Å². The predicted molar refractivity (Wildman–Crippen MR) is 78.4 cm³/mol. The van der Waals surface area contributed by atoms with Gasteiger partial charge in [0.15, 0.2) is 0 Å². The molecule has 1 atom stereocenters. The zero-order chi connectivity index (χ0) is 14.7. The topological polar surface area (TPSA) is 37.8 Å². The van der Waals surface area contributed by atoms with E-state index in [-0.39, 0.29) is 11.9 Å². The summed E-state index contributed by atoms with van der Waals surface area (Å²) in [6.45, 7) is 3.84. The predicted octanol–water partition coefficient (Wildman–Crippen LogP) is 3.39. The number of likely N-dealkylation sites (N-methyl/N-ethyl adjacent to an activating group) is 1. The van der Waals surface area contributed by atoms with Gasteiger partial charge in [0, 0.05) is 11.1 Å². The molecule has 106 valence electrons. The maximum absolute atomic E-state index is 13.1. The molecule has 2 rings (SSSR count). The molecule has 0 saturated carbocycles. The van der Waals surface area contributed by atoms with Gasteiger partial charge in [-0.1, -0.05) is 17.7 Å². The zero-order valence-electron chi connectivity index (χ0n) is 11.7. The van der Waals surface area contributed by atoms with Crippen LogP contribution in [0.25, 0.3) is 0 Å². The number of aromatic nitrogens is 2. The van der Waals surface area contributed by atoms with Gasteiger partial charge in [-0.25, -0.2) is 4.39 Å². The summed E-state index contributed by atoms with van der Waals surface area (Å²) in [7, 11) is 1.89. The molecule has 3 nitrogen and oxygen atoms in total. The number of hydrogen-bond acceptors (Lipinski definition) is 3. The molecule has 0 saturated heterocycles. The van der Waals surface area contributed by atoms with Crippen molar-refractivity contribution in [2.75, 3.05) is 7.05 Å². The number of halogens is 2. The Morgan fingerprint density at radius 3 is 2.65 bits per heavy atom. The summed E-state index contributed by atoms with van der Waals surface area (Å²) in [5, 5.41) is 11.9. The molecule has 0 fully saturated rings. The molecule has 0 amide bonds. The van der Waals surface area contributed by atoms with Crippen LogP contribution in [0.5, 0.6) is 0 Å². The maximum atomic E-state index is 13.1. The second-order valence-electron chi connectivity index (χ2n) is 4.81. The van der Waals surface area contributed by atoms with Gasteiger partial charge in [0.2, 0.25) is 0 Å². The first-order valence-electron chi connectivity index (χ1n) is 6.43. The molecule has 0 spiro atoms. The average molecular weight is 294 g/mol. The van der Waals surface area contributed by atoms with Gasteiger partial charge in [0.05, 0.1) is 11.4 Å². The van der Waals surface area contributed by atoms with Crippen molar-refractivity contribution in [3.05, 3.63) is 57.6 Å². The second-order valence-corrected chi connectivity index (χ2v) is 5.21. The largest absolute Gasteiger partial charge is 0.313 e. The van der Waals surface area contributed by atoms with Crippen molar-refractivity contribution in [1.82, 2.24) is 15.5 Å². The van der Waals surface area contributed by atoms with Crippen LogP contribution >= 0.6 is 11.6 Å². The molecule has 5 heteroatoms. The van der Waals surface area contributed by atoms with Crippen molar-refractivity contribution in [2.45, 2.75) is 26.3 Å². The Hall–Kier alpha value is -1.52. The third-order valence-corrected chi connectivity index (χ3v) is 3.65. The van der Waals surface area contributed by atoms with Crippen LogP contribution in [0.3, 0.4) is 0 Å². The molecule has 0 radical (unpaired) electrons. The van der Waals surface area contributed by atoms with E-state index in [1.807, 2.05) is 27.0 Å². The summed E-state index contributed by atoms with van der Waals surface area (Å²) in [6, 6.07) is 6.57. The van der Waals surface area contributed by atoms with Crippen LogP contribution in [0.15, 0.2) is 24.3 Å². The van der Waals surface area contributed by atoms with E-state index in [2.05, 4.69) is 15.5 Å². The van der Waals surface area contributed by atoms with E-state index in [4.69, 9.17) is 11.6 Å². The fourth-order valence-corrected chi connectivity index (χ4v) is 2.44. The fourth-order valence-electron chi connectivity index (χ4n) is 2.20. The first-order chi connectivity index (χ1) is 9.51. The summed E-state index contributed by atoms with van der Waals surface area (Å²) in [5.41, 5.74) is 3.74. The average Bonchev–Trinajstić information content (AvgIpc) is 2.41. The van der Waals surface area contributed by atoms with E-state index in [1.54, 1.807) is 6.07 Å². The number of benzene rings is 1. The Balaban J connectivity index is 2.31. The summed E-state index contributed by atoms with van der Waals surface area (Å²) >= 11 is 6.09. The second kappa shape index (κ2) is 6.29. The number of rotatable bonds is 4. The van der Waals surface area contributed by atoms with Gasteiger partial charge in [-0.15, -0.1) is 0 Å².